The molecule has 0 saturated carbocycles. The molecule has 0 unspecified atom stereocenters. The zero-order valence-corrected chi connectivity index (χ0v) is 16.2. The highest BCUT2D eigenvalue weighted by molar-refractivity contribution is 8.20. The minimum Gasteiger partial charge on any atom is -0.461 e. The van der Waals surface area contributed by atoms with Crippen LogP contribution in [0.25, 0.3) is 15.7 Å². The standard InChI is InChI=1S/C22H16FN3O2S/c1-14(23)28-19-6-4-15(5-7-19)22(27)26-21-11-18-10-16(2-3-17(18)12-25-21)20-8-9-24-13-29-20/h2-7,9-14H,1H3,(H,25,26,27)/t14-/m1/s1. The summed E-state index contributed by atoms with van der Waals surface area (Å²) in [5.74, 6) is 0.499. The molecule has 1 N–H and O–H groups in total. The molecule has 1 amide bonds. The third-order valence-electron chi connectivity index (χ3n) is 4.14. The van der Waals surface area contributed by atoms with Gasteiger partial charge in [-0.25, -0.2) is 14.4 Å². The van der Waals surface area contributed by atoms with Crippen molar-refractivity contribution in [1.82, 2.24) is 4.98 Å². The van der Waals surface area contributed by atoms with Crippen molar-refractivity contribution in [3.8, 4) is 5.75 Å². The molecule has 4 rings (SSSR count). The molecule has 5 nitrogen and oxygen atoms in total. The monoisotopic (exact) mass is 405 g/mol. The van der Waals surface area contributed by atoms with E-state index in [0.29, 0.717) is 17.1 Å². The number of amides is 1. The molecule has 3 aromatic rings. The lowest BCUT2D eigenvalue weighted by Crippen LogP contribution is -2.13. The number of ether oxygens (including phenoxy) is 1. The van der Waals surface area contributed by atoms with Crippen molar-refractivity contribution in [1.29, 1.82) is 0 Å². The van der Waals surface area contributed by atoms with Gasteiger partial charge in [0.25, 0.3) is 5.91 Å². The number of fused-ring (bicyclic) bond motifs is 1. The summed E-state index contributed by atoms with van der Waals surface area (Å²) in [5.41, 5.74) is 6.33. The largest absolute Gasteiger partial charge is 0.461 e. The summed E-state index contributed by atoms with van der Waals surface area (Å²) in [6.07, 6.45) is 1.94. The number of hydrogen-bond acceptors (Lipinski definition) is 5. The number of nitrogens with one attached hydrogen (secondary N) is 1. The topological polar surface area (TPSA) is 63.6 Å². The molecule has 2 aromatic carbocycles. The van der Waals surface area contributed by atoms with Gasteiger partial charge in [0, 0.05) is 24.1 Å². The minimum absolute atomic E-state index is 0.308. The SMILES string of the molecule is C[C@H](F)Oc1ccc(C(=O)Nc2cc3cc(C4=C=CN=CS4)ccc3cn2)cc1. The van der Waals surface area contributed by atoms with Crippen molar-refractivity contribution < 1.29 is 13.9 Å². The molecule has 0 aliphatic carbocycles. The molecule has 1 aliphatic rings. The van der Waals surface area contributed by atoms with Gasteiger partial charge in [-0.2, -0.15) is 0 Å². The molecule has 0 bridgehead atoms. The van der Waals surface area contributed by atoms with E-state index < -0.39 is 6.36 Å². The van der Waals surface area contributed by atoms with Crippen molar-refractivity contribution in [2.24, 2.45) is 4.99 Å². The molecule has 1 aromatic heterocycles. The van der Waals surface area contributed by atoms with Gasteiger partial charge in [0.15, 0.2) is 0 Å². The van der Waals surface area contributed by atoms with Gasteiger partial charge in [0.05, 0.1) is 16.7 Å². The summed E-state index contributed by atoms with van der Waals surface area (Å²) in [6.45, 7) is 1.30. The Morgan fingerprint density at radius 1 is 1.17 bits per heavy atom. The number of hydrogen-bond donors (Lipinski definition) is 1. The predicted molar refractivity (Wildman–Crippen MR) is 115 cm³/mol. The molecule has 144 valence electrons. The summed E-state index contributed by atoms with van der Waals surface area (Å²) in [5, 5.41) is 4.70. The molecule has 0 fully saturated rings. The number of halogens is 1. The van der Waals surface area contributed by atoms with E-state index in [4.69, 9.17) is 4.74 Å². The number of carbonyl (C=O) groups excluding carboxylic acids is 1. The Hall–Kier alpha value is -3.41. The Morgan fingerprint density at radius 3 is 2.72 bits per heavy atom. The van der Waals surface area contributed by atoms with E-state index in [-0.39, 0.29) is 5.91 Å². The predicted octanol–water partition coefficient (Wildman–Crippen LogP) is 5.41. The van der Waals surface area contributed by atoms with Gasteiger partial charge in [0.1, 0.15) is 11.6 Å². The highest BCUT2D eigenvalue weighted by atomic mass is 32.2. The highest BCUT2D eigenvalue weighted by Crippen LogP contribution is 2.29. The summed E-state index contributed by atoms with van der Waals surface area (Å²) in [4.78, 5) is 21.8. The van der Waals surface area contributed by atoms with Crippen LogP contribution >= 0.6 is 11.8 Å². The molecule has 0 radical (unpaired) electrons. The third kappa shape index (κ3) is 4.54. The Kier molecular flexibility index (Phi) is 5.42. The van der Waals surface area contributed by atoms with Crippen LogP contribution in [0, 0.1) is 0 Å². The van der Waals surface area contributed by atoms with E-state index >= 15 is 0 Å². The number of aromatic nitrogens is 1. The number of aliphatic imine (C=N–C) groups is 1. The van der Waals surface area contributed by atoms with Crippen LogP contribution in [0.15, 0.2) is 71.7 Å². The number of carbonyl (C=O) groups is 1. The van der Waals surface area contributed by atoms with Crippen LogP contribution in [0.1, 0.15) is 22.8 Å². The summed E-state index contributed by atoms with van der Waals surface area (Å²) < 4.78 is 17.8. The molecule has 0 spiro atoms. The van der Waals surface area contributed by atoms with Crippen molar-refractivity contribution in [2.75, 3.05) is 5.32 Å². The van der Waals surface area contributed by atoms with Gasteiger partial charge < -0.3 is 10.1 Å². The Balaban J connectivity index is 1.54. The molecular formula is C22H16FN3O2S. The number of nitrogens with zero attached hydrogens (tertiary/aromatic N) is 2. The summed E-state index contributed by atoms with van der Waals surface area (Å²) >= 11 is 1.51. The molecule has 2 heterocycles. The zero-order valence-electron chi connectivity index (χ0n) is 15.4. The first-order valence-corrected chi connectivity index (χ1v) is 9.72. The fourth-order valence-corrected chi connectivity index (χ4v) is 3.42. The van der Waals surface area contributed by atoms with E-state index in [9.17, 15) is 9.18 Å². The Bertz CT molecular complexity index is 1170. The molecule has 1 aliphatic heterocycles. The van der Waals surface area contributed by atoms with E-state index in [1.165, 1.54) is 18.7 Å². The van der Waals surface area contributed by atoms with Crippen LogP contribution in [0.4, 0.5) is 10.2 Å². The van der Waals surface area contributed by atoms with Crippen molar-refractivity contribution in [2.45, 2.75) is 13.3 Å². The number of pyridine rings is 1. The summed E-state index contributed by atoms with van der Waals surface area (Å²) in [7, 11) is 0. The number of benzene rings is 2. The molecule has 29 heavy (non-hydrogen) atoms. The number of anilines is 1. The Labute approximate surface area is 171 Å². The number of alkyl halides is 1. The highest BCUT2D eigenvalue weighted by Gasteiger charge is 2.10. The average molecular weight is 405 g/mol. The number of thioether (sulfide) groups is 1. The first kappa shape index (κ1) is 18.9. The van der Waals surface area contributed by atoms with E-state index in [2.05, 4.69) is 21.0 Å². The number of rotatable bonds is 5. The maximum atomic E-state index is 12.9. The third-order valence-corrected chi connectivity index (χ3v) is 4.96. The van der Waals surface area contributed by atoms with E-state index in [0.717, 1.165) is 21.2 Å². The average Bonchev–Trinajstić information content (AvgIpc) is 2.74. The van der Waals surface area contributed by atoms with Gasteiger partial charge in [-0.1, -0.05) is 29.6 Å². The fraction of sp³-hybridized carbons (Fsp3) is 0.0909. The van der Waals surface area contributed by atoms with Crippen LogP contribution in [0.5, 0.6) is 5.75 Å². The maximum absolute atomic E-state index is 12.9. The van der Waals surface area contributed by atoms with Crippen molar-refractivity contribution in [3.05, 3.63) is 77.8 Å². The molecule has 7 heteroatoms. The molecular weight excluding hydrogens is 389 g/mol. The maximum Gasteiger partial charge on any atom is 0.256 e. The first-order valence-electron chi connectivity index (χ1n) is 8.84. The lowest BCUT2D eigenvalue weighted by molar-refractivity contribution is 0.0860. The zero-order chi connectivity index (χ0) is 20.2. The fourth-order valence-electron chi connectivity index (χ4n) is 2.81. The normalized spacial score (nSPS) is 13.8. The van der Waals surface area contributed by atoms with Gasteiger partial charge >= 0.3 is 0 Å². The van der Waals surface area contributed by atoms with Crippen molar-refractivity contribution in [3.63, 3.8) is 0 Å². The van der Waals surface area contributed by atoms with E-state index in [1.807, 2.05) is 24.3 Å². The van der Waals surface area contributed by atoms with Gasteiger partial charge in [-0.3, -0.25) is 4.79 Å². The molecule has 0 saturated heterocycles. The van der Waals surface area contributed by atoms with Crippen LogP contribution < -0.4 is 10.1 Å². The van der Waals surface area contributed by atoms with Gasteiger partial charge in [0.2, 0.25) is 6.36 Å². The van der Waals surface area contributed by atoms with Crippen LogP contribution in [-0.2, 0) is 0 Å². The van der Waals surface area contributed by atoms with Crippen LogP contribution in [-0.4, -0.2) is 22.8 Å². The molecule has 1 atom stereocenters. The lowest BCUT2D eigenvalue weighted by Gasteiger charge is -2.09. The van der Waals surface area contributed by atoms with Crippen LogP contribution in [0.3, 0.4) is 0 Å². The second-order valence-corrected chi connectivity index (χ2v) is 7.10. The first-order chi connectivity index (χ1) is 14.1. The van der Waals surface area contributed by atoms with Crippen molar-refractivity contribution >= 4 is 44.7 Å². The minimum atomic E-state index is -1.41. The second-order valence-electron chi connectivity index (χ2n) is 6.25. The van der Waals surface area contributed by atoms with Crippen LogP contribution in [0.2, 0.25) is 0 Å². The Morgan fingerprint density at radius 2 is 2.00 bits per heavy atom. The van der Waals surface area contributed by atoms with Gasteiger partial charge in [-0.05, 0) is 47.3 Å². The van der Waals surface area contributed by atoms with E-state index in [1.54, 1.807) is 42.2 Å². The lowest BCUT2D eigenvalue weighted by atomic mass is 10.1. The summed E-state index contributed by atoms with van der Waals surface area (Å²) in [6, 6.07) is 14.1. The second kappa shape index (κ2) is 8.31. The smallest absolute Gasteiger partial charge is 0.256 e. The quantitative estimate of drug-likeness (QED) is 0.577. The van der Waals surface area contributed by atoms with Gasteiger partial charge in [-0.15, -0.1) is 0 Å².